The summed E-state index contributed by atoms with van der Waals surface area (Å²) >= 11 is 5.88. The molecule has 2 heterocycles. The number of benzene rings is 1. The van der Waals surface area contributed by atoms with Gasteiger partial charge in [0.25, 0.3) is 0 Å². The molecule has 140 valence electrons. The maximum Gasteiger partial charge on any atom is 0.249 e. The van der Waals surface area contributed by atoms with E-state index in [2.05, 4.69) is 15.5 Å². The van der Waals surface area contributed by atoms with Gasteiger partial charge in [-0.3, -0.25) is 4.79 Å². The molecule has 0 atom stereocenters. The predicted octanol–water partition coefficient (Wildman–Crippen LogP) is 4.00. The molecule has 4 rings (SSSR count). The second-order valence-electron chi connectivity index (χ2n) is 6.99. The molecule has 1 aliphatic carbocycles. The third kappa shape index (κ3) is 3.90. The third-order valence-corrected chi connectivity index (χ3v) is 5.13. The number of carbonyl (C=O) groups is 1. The lowest BCUT2D eigenvalue weighted by atomic mass is 10.2. The molecule has 6 nitrogen and oxygen atoms in total. The van der Waals surface area contributed by atoms with Gasteiger partial charge in [-0.15, -0.1) is 10.2 Å². The van der Waals surface area contributed by atoms with Gasteiger partial charge in [0.15, 0.2) is 0 Å². The molecule has 2 aromatic heterocycles. The molecule has 0 radical (unpaired) electrons. The van der Waals surface area contributed by atoms with E-state index in [1.54, 1.807) is 0 Å². The number of nitrogens with zero attached hydrogens (tertiary/aromatic N) is 3. The standard InChI is InChI=1S/C20H21ClN4O2/c1-12-9-17(20-24-23-19(27-20)15-5-6-15)13(2)25(12)11-18(26)22-10-14-3-7-16(21)8-4-14/h3-4,7-9,15H,5-6,10-11H2,1-2H3,(H,22,26). The summed E-state index contributed by atoms with van der Waals surface area (Å²) in [6.07, 6.45) is 2.24. The quantitative estimate of drug-likeness (QED) is 0.697. The number of aromatic nitrogens is 3. The molecule has 0 aliphatic heterocycles. The van der Waals surface area contributed by atoms with Crippen LogP contribution in [0, 0.1) is 13.8 Å². The topological polar surface area (TPSA) is 73.0 Å². The van der Waals surface area contributed by atoms with Crippen LogP contribution in [0.1, 0.15) is 41.6 Å². The first-order valence-corrected chi connectivity index (χ1v) is 9.40. The SMILES string of the molecule is Cc1cc(-c2nnc(C3CC3)o2)c(C)n1CC(=O)NCc1ccc(Cl)cc1. The highest BCUT2D eigenvalue weighted by Crippen LogP contribution is 2.40. The van der Waals surface area contributed by atoms with E-state index in [1.807, 2.05) is 48.7 Å². The van der Waals surface area contributed by atoms with Crippen molar-refractivity contribution in [1.82, 2.24) is 20.1 Å². The monoisotopic (exact) mass is 384 g/mol. The van der Waals surface area contributed by atoms with Gasteiger partial charge in [0.2, 0.25) is 17.7 Å². The Balaban J connectivity index is 1.44. The summed E-state index contributed by atoms with van der Waals surface area (Å²) in [5, 5.41) is 12.0. The van der Waals surface area contributed by atoms with Crippen LogP contribution in [0.3, 0.4) is 0 Å². The largest absolute Gasteiger partial charge is 0.420 e. The number of rotatable bonds is 6. The highest BCUT2D eigenvalue weighted by atomic mass is 35.5. The van der Waals surface area contributed by atoms with Crippen LogP contribution < -0.4 is 5.32 Å². The van der Waals surface area contributed by atoms with Gasteiger partial charge in [-0.05, 0) is 50.5 Å². The van der Waals surface area contributed by atoms with Crippen LogP contribution in [0.4, 0.5) is 0 Å². The minimum Gasteiger partial charge on any atom is -0.420 e. The van der Waals surface area contributed by atoms with Crippen molar-refractivity contribution < 1.29 is 9.21 Å². The molecule has 27 heavy (non-hydrogen) atoms. The van der Waals surface area contributed by atoms with Crippen LogP contribution in [0.25, 0.3) is 11.5 Å². The van der Waals surface area contributed by atoms with E-state index >= 15 is 0 Å². The number of hydrogen-bond donors (Lipinski definition) is 1. The first-order chi connectivity index (χ1) is 13.0. The molecule has 1 N–H and O–H groups in total. The van der Waals surface area contributed by atoms with E-state index in [9.17, 15) is 4.79 Å². The Morgan fingerprint density at radius 1 is 1.26 bits per heavy atom. The number of carbonyl (C=O) groups excluding carboxylic acids is 1. The van der Waals surface area contributed by atoms with Crippen LogP contribution >= 0.6 is 11.6 Å². The van der Waals surface area contributed by atoms with Gasteiger partial charge in [0, 0.05) is 28.9 Å². The van der Waals surface area contributed by atoms with Gasteiger partial charge in [-0.25, -0.2) is 0 Å². The molecule has 1 fully saturated rings. The van der Waals surface area contributed by atoms with Crippen molar-refractivity contribution in [2.45, 2.75) is 45.7 Å². The molecule has 3 aromatic rings. The lowest BCUT2D eigenvalue weighted by Crippen LogP contribution is -2.27. The maximum absolute atomic E-state index is 12.4. The number of nitrogens with one attached hydrogen (secondary N) is 1. The number of hydrogen-bond acceptors (Lipinski definition) is 4. The van der Waals surface area contributed by atoms with Gasteiger partial charge in [-0.2, -0.15) is 0 Å². The van der Waals surface area contributed by atoms with E-state index in [1.165, 1.54) is 0 Å². The first-order valence-electron chi connectivity index (χ1n) is 9.03. The van der Waals surface area contributed by atoms with Crippen LogP contribution in [-0.4, -0.2) is 20.7 Å². The molecule has 0 spiro atoms. The average Bonchev–Trinajstić information content (AvgIpc) is 3.33. The summed E-state index contributed by atoms with van der Waals surface area (Å²) in [5.41, 5.74) is 3.82. The second-order valence-corrected chi connectivity index (χ2v) is 7.43. The number of amides is 1. The molecule has 0 bridgehead atoms. The van der Waals surface area contributed by atoms with Gasteiger partial charge in [-0.1, -0.05) is 23.7 Å². The van der Waals surface area contributed by atoms with Crippen molar-refractivity contribution in [2.75, 3.05) is 0 Å². The minimum atomic E-state index is -0.0532. The average molecular weight is 385 g/mol. The Labute approximate surface area is 162 Å². The number of halogens is 1. The Morgan fingerprint density at radius 3 is 2.70 bits per heavy atom. The molecule has 1 aliphatic rings. The number of aryl methyl sites for hydroxylation is 1. The van der Waals surface area contributed by atoms with Crippen LogP contribution in [-0.2, 0) is 17.9 Å². The van der Waals surface area contributed by atoms with Crippen molar-refractivity contribution in [1.29, 1.82) is 0 Å². The van der Waals surface area contributed by atoms with Crippen molar-refractivity contribution in [3.8, 4) is 11.5 Å². The van der Waals surface area contributed by atoms with E-state index in [-0.39, 0.29) is 12.5 Å². The highest BCUT2D eigenvalue weighted by molar-refractivity contribution is 6.30. The van der Waals surface area contributed by atoms with Crippen molar-refractivity contribution in [3.05, 3.63) is 58.2 Å². The molecule has 1 aromatic carbocycles. The lowest BCUT2D eigenvalue weighted by molar-refractivity contribution is -0.121. The fourth-order valence-electron chi connectivity index (χ4n) is 3.10. The van der Waals surface area contributed by atoms with E-state index in [0.717, 1.165) is 41.2 Å². The van der Waals surface area contributed by atoms with Crippen molar-refractivity contribution >= 4 is 17.5 Å². The summed E-state index contributed by atoms with van der Waals surface area (Å²) in [5.74, 6) is 1.62. The van der Waals surface area contributed by atoms with Crippen LogP contribution in [0.2, 0.25) is 5.02 Å². The predicted molar refractivity (Wildman–Crippen MR) is 102 cm³/mol. The zero-order valence-corrected chi connectivity index (χ0v) is 16.1. The molecule has 1 saturated carbocycles. The minimum absolute atomic E-state index is 0.0532. The summed E-state index contributed by atoms with van der Waals surface area (Å²) in [6, 6.07) is 9.43. The Morgan fingerprint density at radius 2 is 2.00 bits per heavy atom. The lowest BCUT2D eigenvalue weighted by Gasteiger charge is -2.10. The summed E-state index contributed by atoms with van der Waals surface area (Å²) < 4.78 is 7.78. The normalized spacial score (nSPS) is 13.7. The Kier molecular flexibility index (Phi) is 4.74. The van der Waals surface area contributed by atoms with Crippen LogP contribution in [0.15, 0.2) is 34.7 Å². The summed E-state index contributed by atoms with van der Waals surface area (Å²) in [4.78, 5) is 12.4. The molecular formula is C20H21ClN4O2. The first kappa shape index (κ1) is 17.8. The highest BCUT2D eigenvalue weighted by Gasteiger charge is 2.30. The summed E-state index contributed by atoms with van der Waals surface area (Å²) in [6.45, 7) is 4.66. The van der Waals surface area contributed by atoms with Crippen molar-refractivity contribution in [2.24, 2.45) is 0 Å². The van der Waals surface area contributed by atoms with Crippen molar-refractivity contribution in [3.63, 3.8) is 0 Å². The third-order valence-electron chi connectivity index (χ3n) is 4.88. The van der Waals surface area contributed by atoms with E-state index in [0.29, 0.717) is 23.4 Å². The van der Waals surface area contributed by atoms with Gasteiger partial charge >= 0.3 is 0 Å². The van der Waals surface area contributed by atoms with E-state index < -0.39 is 0 Å². The molecule has 0 unspecified atom stereocenters. The zero-order chi connectivity index (χ0) is 19.0. The second kappa shape index (κ2) is 7.19. The van der Waals surface area contributed by atoms with Gasteiger partial charge < -0.3 is 14.3 Å². The Hall–Kier alpha value is -2.60. The fourth-order valence-corrected chi connectivity index (χ4v) is 3.23. The Bertz CT molecular complexity index is 971. The zero-order valence-electron chi connectivity index (χ0n) is 15.3. The molecule has 7 heteroatoms. The van der Waals surface area contributed by atoms with Gasteiger partial charge in [0.1, 0.15) is 6.54 Å². The summed E-state index contributed by atoms with van der Waals surface area (Å²) in [7, 11) is 0. The smallest absolute Gasteiger partial charge is 0.249 e. The molecule has 1 amide bonds. The van der Waals surface area contributed by atoms with Gasteiger partial charge in [0.05, 0.1) is 5.56 Å². The maximum atomic E-state index is 12.4. The fraction of sp³-hybridized carbons (Fsp3) is 0.350. The van der Waals surface area contributed by atoms with E-state index in [4.69, 9.17) is 16.0 Å². The van der Waals surface area contributed by atoms with Crippen LogP contribution in [0.5, 0.6) is 0 Å². The molecule has 0 saturated heterocycles. The molecular weight excluding hydrogens is 364 g/mol.